The van der Waals surface area contributed by atoms with Crippen LogP contribution in [0.2, 0.25) is 0 Å². The first kappa shape index (κ1) is 14.3. The third kappa shape index (κ3) is 2.20. The fourth-order valence-electron chi connectivity index (χ4n) is 4.31. The number of hydrogen-bond donors (Lipinski definition) is 0. The van der Waals surface area contributed by atoms with Gasteiger partial charge in [-0.05, 0) is 31.0 Å². The van der Waals surface area contributed by atoms with Gasteiger partial charge in [-0.25, -0.2) is 0 Å². The van der Waals surface area contributed by atoms with E-state index in [-0.39, 0.29) is 5.41 Å². The van der Waals surface area contributed by atoms with Crippen molar-refractivity contribution in [3.05, 3.63) is 71.8 Å². The predicted molar refractivity (Wildman–Crippen MR) is 89.5 cm³/mol. The molecule has 1 aliphatic rings. The van der Waals surface area contributed by atoms with Crippen LogP contribution < -0.4 is 0 Å². The maximum atomic E-state index is 2.52. The quantitative estimate of drug-likeness (QED) is 0.808. The van der Waals surface area contributed by atoms with E-state index in [1.807, 2.05) is 0 Å². The van der Waals surface area contributed by atoms with Crippen molar-refractivity contribution < 1.29 is 0 Å². The van der Waals surface area contributed by atoms with Crippen LogP contribution in [0.3, 0.4) is 0 Å². The maximum Gasteiger partial charge on any atom is 0.0372 e. The first-order valence-electron chi connectivity index (χ1n) is 8.01. The molecule has 1 nitrogen and oxygen atoms in total. The standard InChI is InChI=1S/C20H25N/c1-4-19-16(2)21(3)15-20(19,17-11-7-5-8-12-17)18-13-9-6-10-14-18/h5-14,16,19H,4,15H2,1-3H3. The first-order valence-corrected chi connectivity index (χ1v) is 8.01. The van der Waals surface area contributed by atoms with Crippen molar-refractivity contribution in [2.75, 3.05) is 13.6 Å². The minimum absolute atomic E-state index is 0.117. The van der Waals surface area contributed by atoms with Crippen LogP contribution in [0.1, 0.15) is 31.4 Å². The molecule has 0 spiro atoms. The molecule has 2 unspecified atom stereocenters. The van der Waals surface area contributed by atoms with E-state index in [2.05, 4.69) is 86.5 Å². The summed E-state index contributed by atoms with van der Waals surface area (Å²) in [6.45, 7) is 5.81. The van der Waals surface area contributed by atoms with E-state index in [0.29, 0.717) is 12.0 Å². The van der Waals surface area contributed by atoms with Gasteiger partial charge >= 0.3 is 0 Å². The molecule has 1 saturated heterocycles. The zero-order chi connectivity index (χ0) is 14.9. The molecule has 0 N–H and O–H groups in total. The van der Waals surface area contributed by atoms with Crippen molar-refractivity contribution in [3.63, 3.8) is 0 Å². The summed E-state index contributed by atoms with van der Waals surface area (Å²) in [5.74, 6) is 0.646. The van der Waals surface area contributed by atoms with Gasteiger partial charge in [-0.3, -0.25) is 0 Å². The number of likely N-dealkylation sites (tertiary alicyclic amines) is 1. The summed E-state index contributed by atoms with van der Waals surface area (Å²) in [4.78, 5) is 2.52. The van der Waals surface area contributed by atoms with Gasteiger partial charge in [-0.15, -0.1) is 0 Å². The Hall–Kier alpha value is -1.60. The van der Waals surface area contributed by atoms with Crippen LogP contribution in [0.25, 0.3) is 0 Å². The van der Waals surface area contributed by atoms with Gasteiger partial charge in [0.15, 0.2) is 0 Å². The van der Waals surface area contributed by atoms with Crippen LogP contribution in [0, 0.1) is 5.92 Å². The van der Waals surface area contributed by atoms with Crippen LogP contribution in [-0.2, 0) is 5.41 Å². The smallest absolute Gasteiger partial charge is 0.0372 e. The van der Waals surface area contributed by atoms with E-state index in [0.717, 1.165) is 6.54 Å². The maximum absolute atomic E-state index is 2.52. The van der Waals surface area contributed by atoms with E-state index < -0.39 is 0 Å². The molecular weight excluding hydrogens is 254 g/mol. The van der Waals surface area contributed by atoms with E-state index >= 15 is 0 Å². The van der Waals surface area contributed by atoms with Crippen molar-refractivity contribution >= 4 is 0 Å². The molecule has 0 bridgehead atoms. The fourth-order valence-corrected chi connectivity index (χ4v) is 4.31. The normalized spacial score (nSPS) is 25.1. The second-order valence-electron chi connectivity index (χ2n) is 6.37. The Labute approximate surface area is 128 Å². The molecule has 2 aromatic carbocycles. The van der Waals surface area contributed by atoms with Gasteiger partial charge in [0.2, 0.25) is 0 Å². The van der Waals surface area contributed by atoms with Crippen molar-refractivity contribution in [3.8, 4) is 0 Å². The third-order valence-electron chi connectivity index (χ3n) is 5.43. The molecule has 0 saturated carbocycles. The number of rotatable bonds is 3. The SMILES string of the molecule is CCC1C(C)N(C)CC1(c1ccccc1)c1ccccc1. The van der Waals surface area contributed by atoms with Crippen molar-refractivity contribution in [1.82, 2.24) is 4.90 Å². The number of hydrogen-bond acceptors (Lipinski definition) is 1. The van der Waals surface area contributed by atoms with Crippen LogP contribution in [0.5, 0.6) is 0 Å². The Morgan fingerprint density at radius 1 is 0.952 bits per heavy atom. The molecule has 1 fully saturated rings. The molecule has 3 rings (SSSR count). The summed E-state index contributed by atoms with van der Waals surface area (Å²) in [7, 11) is 2.26. The second kappa shape index (κ2) is 5.65. The van der Waals surface area contributed by atoms with E-state index in [1.165, 1.54) is 17.5 Å². The van der Waals surface area contributed by atoms with Gasteiger partial charge in [-0.2, -0.15) is 0 Å². The molecule has 0 aromatic heterocycles. The lowest BCUT2D eigenvalue weighted by atomic mass is 9.65. The molecule has 1 heterocycles. The van der Waals surface area contributed by atoms with Gasteiger partial charge in [0.25, 0.3) is 0 Å². The molecule has 0 aliphatic carbocycles. The van der Waals surface area contributed by atoms with Crippen LogP contribution in [-0.4, -0.2) is 24.5 Å². The lowest BCUT2D eigenvalue weighted by molar-refractivity contribution is 0.284. The van der Waals surface area contributed by atoms with Crippen LogP contribution in [0.15, 0.2) is 60.7 Å². The average molecular weight is 279 g/mol. The number of benzene rings is 2. The van der Waals surface area contributed by atoms with Gasteiger partial charge in [-0.1, -0.05) is 74.0 Å². The van der Waals surface area contributed by atoms with E-state index in [9.17, 15) is 0 Å². The second-order valence-corrected chi connectivity index (χ2v) is 6.37. The monoisotopic (exact) mass is 279 g/mol. The minimum atomic E-state index is 0.117. The highest BCUT2D eigenvalue weighted by molar-refractivity contribution is 5.43. The summed E-state index contributed by atoms with van der Waals surface area (Å²) in [5, 5.41) is 0. The van der Waals surface area contributed by atoms with Gasteiger partial charge < -0.3 is 4.90 Å². The zero-order valence-corrected chi connectivity index (χ0v) is 13.3. The average Bonchev–Trinajstić information content (AvgIpc) is 2.81. The Balaban J connectivity index is 2.21. The van der Waals surface area contributed by atoms with Crippen LogP contribution in [0.4, 0.5) is 0 Å². The molecule has 2 atom stereocenters. The lowest BCUT2D eigenvalue weighted by Gasteiger charge is -2.37. The molecule has 2 aromatic rings. The highest BCUT2D eigenvalue weighted by atomic mass is 15.2. The van der Waals surface area contributed by atoms with Gasteiger partial charge in [0.05, 0.1) is 0 Å². The van der Waals surface area contributed by atoms with Gasteiger partial charge in [0.1, 0.15) is 0 Å². The summed E-state index contributed by atoms with van der Waals surface area (Å²) < 4.78 is 0. The molecule has 0 radical (unpaired) electrons. The highest BCUT2D eigenvalue weighted by Gasteiger charge is 2.50. The van der Waals surface area contributed by atoms with Gasteiger partial charge in [0, 0.05) is 18.0 Å². The molecule has 110 valence electrons. The Morgan fingerprint density at radius 3 is 1.86 bits per heavy atom. The van der Waals surface area contributed by atoms with Crippen molar-refractivity contribution in [1.29, 1.82) is 0 Å². The number of likely N-dealkylation sites (N-methyl/N-ethyl adjacent to an activating group) is 1. The fraction of sp³-hybridized carbons (Fsp3) is 0.400. The summed E-state index contributed by atoms with van der Waals surface area (Å²) >= 11 is 0. The molecule has 0 amide bonds. The van der Waals surface area contributed by atoms with E-state index in [4.69, 9.17) is 0 Å². The highest BCUT2D eigenvalue weighted by Crippen LogP contribution is 2.48. The minimum Gasteiger partial charge on any atom is -0.302 e. The van der Waals surface area contributed by atoms with E-state index in [1.54, 1.807) is 0 Å². The molecule has 1 heteroatoms. The Bertz CT molecular complexity index is 536. The summed E-state index contributed by atoms with van der Waals surface area (Å²) in [6.07, 6.45) is 1.20. The van der Waals surface area contributed by atoms with Crippen LogP contribution >= 0.6 is 0 Å². The summed E-state index contributed by atoms with van der Waals surface area (Å²) in [5.41, 5.74) is 3.03. The Morgan fingerprint density at radius 2 is 1.43 bits per heavy atom. The number of nitrogens with zero attached hydrogens (tertiary/aromatic N) is 1. The van der Waals surface area contributed by atoms with Crippen molar-refractivity contribution in [2.24, 2.45) is 5.92 Å². The topological polar surface area (TPSA) is 3.24 Å². The third-order valence-corrected chi connectivity index (χ3v) is 5.43. The largest absolute Gasteiger partial charge is 0.302 e. The lowest BCUT2D eigenvalue weighted by Crippen LogP contribution is -2.37. The predicted octanol–water partition coefficient (Wildman–Crippen LogP) is 4.33. The molecule has 1 aliphatic heterocycles. The Kier molecular flexibility index (Phi) is 3.86. The van der Waals surface area contributed by atoms with Crippen molar-refractivity contribution in [2.45, 2.75) is 31.7 Å². The molecular formula is C20H25N. The first-order chi connectivity index (χ1) is 10.2. The zero-order valence-electron chi connectivity index (χ0n) is 13.3. The summed E-state index contributed by atoms with van der Waals surface area (Å²) in [6, 6.07) is 22.8. The molecule has 21 heavy (non-hydrogen) atoms.